The van der Waals surface area contributed by atoms with Crippen molar-refractivity contribution in [1.82, 2.24) is 5.32 Å². The van der Waals surface area contributed by atoms with Crippen molar-refractivity contribution in [3.05, 3.63) is 34.3 Å². The largest absolute Gasteiger partial charge is 0.481 e. The lowest BCUT2D eigenvalue weighted by atomic mass is 10.1. The Balaban J connectivity index is 2.36. The Labute approximate surface area is 119 Å². The fourth-order valence-corrected chi connectivity index (χ4v) is 1.91. The van der Waals surface area contributed by atoms with E-state index in [0.717, 1.165) is 0 Å². The molecule has 1 rings (SSSR count). The molecule has 0 bridgehead atoms. The molecule has 0 aromatic heterocycles. The highest BCUT2D eigenvalue weighted by Gasteiger charge is 2.10. The van der Waals surface area contributed by atoms with Gasteiger partial charge in [0.2, 0.25) is 0 Å². The molecule has 6 heteroatoms. The molecule has 0 heterocycles. The van der Waals surface area contributed by atoms with Gasteiger partial charge in [-0.25, -0.2) is 0 Å². The number of amides is 1. The molecule has 0 saturated heterocycles. The molecule has 0 radical (unpaired) electrons. The molecule has 0 aliphatic heterocycles. The molecule has 0 aliphatic carbocycles. The summed E-state index contributed by atoms with van der Waals surface area (Å²) in [6.07, 6.45) is 0.408. The lowest BCUT2D eigenvalue weighted by Crippen LogP contribution is -2.29. The molecule has 1 amide bonds. The van der Waals surface area contributed by atoms with E-state index < -0.39 is 5.97 Å². The molecule has 2 N–H and O–H groups in total. The summed E-state index contributed by atoms with van der Waals surface area (Å²) in [4.78, 5) is 33.5. The van der Waals surface area contributed by atoms with Gasteiger partial charge in [-0.1, -0.05) is 12.1 Å². The maximum atomic E-state index is 11.8. The minimum Gasteiger partial charge on any atom is -0.481 e. The number of nitrogens with one attached hydrogen (secondary N) is 1. The number of carboxylic acid groups (broad SMARTS) is 1. The molecule has 1 aromatic carbocycles. The number of ketones is 1. The average Bonchev–Trinajstić information content (AvgIpc) is 2.36. The van der Waals surface area contributed by atoms with Gasteiger partial charge in [-0.2, -0.15) is 0 Å². The monoisotopic (exact) mass is 327 g/mol. The summed E-state index contributed by atoms with van der Waals surface area (Å²) in [6.45, 7) is -0.0835. The van der Waals surface area contributed by atoms with E-state index in [1.165, 1.54) is 0 Å². The Kier molecular flexibility index (Phi) is 6.21. The minimum absolute atomic E-state index is 0.0378. The van der Waals surface area contributed by atoms with Crippen molar-refractivity contribution in [2.45, 2.75) is 19.3 Å². The van der Waals surface area contributed by atoms with E-state index in [4.69, 9.17) is 5.11 Å². The predicted octanol–water partition coefficient (Wildman–Crippen LogP) is 2.00. The van der Waals surface area contributed by atoms with Gasteiger partial charge in [0.05, 0.1) is 12.1 Å². The van der Waals surface area contributed by atoms with Crippen molar-refractivity contribution in [2.75, 3.05) is 6.54 Å². The Morgan fingerprint density at radius 2 is 1.84 bits per heavy atom. The van der Waals surface area contributed by atoms with Crippen LogP contribution < -0.4 is 5.32 Å². The van der Waals surface area contributed by atoms with Gasteiger partial charge in [-0.15, -0.1) is 0 Å². The van der Waals surface area contributed by atoms with Crippen LogP contribution in [0.5, 0.6) is 0 Å². The third kappa shape index (κ3) is 5.65. The maximum absolute atomic E-state index is 11.8. The first kappa shape index (κ1) is 15.4. The van der Waals surface area contributed by atoms with Gasteiger partial charge in [0, 0.05) is 17.3 Å². The second-order valence-corrected chi connectivity index (χ2v) is 4.80. The Bertz CT molecular complexity index is 487. The van der Waals surface area contributed by atoms with Gasteiger partial charge in [0.25, 0.3) is 5.91 Å². The molecule has 19 heavy (non-hydrogen) atoms. The molecule has 0 spiro atoms. The van der Waals surface area contributed by atoms with Crippen LogP contribution in [-0.4, -0.2) is 29.3 Å². The standard InChI is InChI=1S/C13H14BrNO4/c14-11-6-2-1-5-10(11)13(19)15-8-9(16)4-3-7-12(17)18/h1-2,5-6H,3-4,7-8H2,(H,15,19)(H,17,18). The number of aliphatic carboxylic acids is 1. The highest BCUT2D eigenvalue weighted by atomic mass is 79.9. The highest BCUT2D eigenvalue weighted by molar-refractivity contribution is 9.10. The SMILES string of the molecule is O=C(O)CCCC(=O)CNC(=O)c1ccccc1Br. The molecule has 0 aliphatic rings. The Hall–Kier alpha value is -1.69. The zero-order valence-corrected chi connectivity index (χ0v) is 11.8. The number of hydrogen-bond acceptors (Lipinski definition) is 3. The molecular weight excluding hydrogens is 314 g/mol. The molecule has 102 valence electrons. The van der Waals surface area contributed by atoms with Crippen molar-refractivity contribution >= 4 is 33.6 Å². The first-order chi connectivity index (χ1) is 9.00. The molecule has 0 saturated carbocycles. The zero-order chi connectivity index (χ0) is 14.3. The molecular formula is C13H14BrNO4. The van der Waals surface area contributed by atoms with Crippen molar-refractivity contribution in [3.8, 4) is 0 Å². The van der Waals surface area contributed by atoms with Gasteiger partial charge in [-0.3, -0.25) is 14.4 Å². The average molecular weight is 328 g/mol. The van der Waals surface area contributed by atoms with Crippen LogP contribution in [-0.2, 0) is 9.59 Å². The summed E-state index contributed by atoms with van der Waals surface area (Å²) < 4.78 is 0.658. The second-order valence-electron chi connectivity index (χ2n) is 3.95. The number of hydrogen-bond donors (Lipinski definition) is 2. The number of carboxylic acids is 1. The number of carbonyl (C=O) groups excluding carboxylic acids is 2. The van der Waals surface area contributed by atoms with Crippen LogP contribution in [0.25, 0.3) is 0 Å². The summed E-state index contributed by atoms with van der Waals surface area (Å²) >= 11 is 3.25. The van der Waals surface area contributed by atoms with E-state index in [1.807, 2.05) is 0 Å². The van der Waals surface area contributed by atoms with E-state index in [1.54, 1.807) is 24.3 Å². The maximum Gasteiger partial charge on any atom is 0.303 e. The number of carbonyl (C=O) groups is 3. The minimum atomic E-state index is -0.926. The summed E-state index contributed by atoms with van der Waals surface area (Å²) in [7, 11) is 0. The molecule has 0 atom stereocenters. The number of rotatable bonds is 7. The molecule has 1 aromatic rings. The topological polar surface area (TPSA) is 83.5 Å². The second kappa shape index (κ2) is 7.68. The highest BCUT2D eigenvalue weighted by Crippen LogP contribution is 2.15. The summed E-state index contributed by atoms with van der Waals surface area (Å²) in [5, 5.41) is 10.9. The molecule has 0 unspecified atom stereocenters. The number of halogens is 1. The zero-order valence-electron chi connectivity index (χ0n) is 10.2. The Morgan fingerprint density at radius 3 is 2.47 bits per heavy atom. The van der Waals surface area contributed by atoms with Crippen LogP contribution in [0.4, 0.5) is 0 Å². The first-order valence-electron chi connectivity index (χ1n) is 5.77. The van der Waals surface area contributed by atoms with Gasteiger partial charge in [-0.05, 0) is 34.5 Å². The van der Waals surface area contributed by atoms with Crippen LogP contribution >= 0.6 is 15.9 Å². The predicted molar refractivity (Wildman–Crippen MR) is 73.0 cm³/mol. The fraction of sp³-hybridized carbons (Fsp3) is 0.308. The van der Waals surface area contributed by atoms with Gasteiger partial charge in [0.15, 0.2) is 5.78 Å². The lowest BCUT2D eigenvalue weighted by molar-refractivity contribution is -0.137. The molecule has 5 nitrogen and oxygen atoms in total. The van der Waals surface area contributed by atoms with Crippen LogP contribution in [0.1, 0.15) is 29.6 Å². The summed E-state index contributed by atoms with van der Waals surface area (Å²) in [5.41, 5.74) is 0.459. The number of benzene rings is 1. The van der Waals surface area contributed by atoms with Crippen LogP contribution in [0.2, 0.25) is 0 Å². The van der Waals surface area contributed by atoms with E-state index in [0.29, 0.717) is 16.5 Å². The van der Waals surface area contributed by atoms with Gasteiger partial charge < -0.3 is 10.4 Å². The smallest absolute Gasteiger partial charge is 0.303 e. The van der Waals surface area contributed by atoms with E-state index in [-0.39, 0.29) is 31.1 Å². The van der Waals surface area contributed by atoms with Crippen molar-refractivity contribution < 1.29 is 19.5 Å². The normalized spacial score (nSPS) is 9.95. The summed E-state index contributed by atoms with van der Waals surface area (Å²) in [5.74, 6) is -1.44. The molecule has 0 fully saturated rings. The van der Waals surface area contributed by atoms with E-state index >= 15 is 0 Å². The lowest BCUT2D eigenvalue weighted by Gasteiger charge is -2.06. The third-order valence-electron chi connectivity index (χ3n) is 2.41. The van der Waals surface area contributed by atoms with Crippen molar-refractivity contribution in [1.29, 1.82) is 0 Å². The quantitative estimate of drug-likeness (QED) is 0.802. The third-order valence-corrected chi connectivity index (χ3v) is 3.10. The first-order valence-corrected chi connectivity index (χ1v) is 6.56. The van der Waals surface area contributed by atoms with Crippen molar-refractivity contribution in [3.63, 3.8) is 0 Å². The van der Waals surface area contributed by atoms with Crippen LogP contribution in [0.15, 0.2) is 28.7 Å². The van der Waals surface area contributed by atoms with Gasteiger partial charge in [0.1, 0.15) is 0 Å². The fourth-order valence-electron chi connectivity index (χ4n) is 1.44. The van der Waals surface area contributed by atoms with Crippen molar-refractivity contribution in [2.24, 2.45) is 0 Å². The summed E-state index contributed by atoms with van der Waals surface area (Å²) in [6, 6.07) is 6.91. The van der Waals surface area contributed by atoms with E-state index in [2.05, 4.69) is 21.2 Å². The van der Waals surface area contributed by atoms with Crippen LogP contribution in [0, 0.1) is 0 Å². The van der Waals surface area contributed by atoms with Crippen LogP contribution in [0.3, 0.4) is 0 Å². The van der Waals surface area contributed by atoms with Gasteiger partial charge >= 0.3 is 5.97 Å². The Morgan fingerprint density at radius 1 is 1.16 bits per heavy atom. The number of Topliss-reactive ketones (excluding diaryl/α,β-unsaturated/α-hetero) is 1. The van der Waals surface area contributed by atoms with E-state index in [9.17, 15) is 14.4 Å².